The molecule has 1 amide bonds. The summed E-state index contributed by atoms with van der Waals surface area (Å²) in [5.41, 5.74) is 3.34. The Labute approximate surface area is 178 Å². The second-order valence-electron chi connectivity index (χ2n) is 6.52. The fraction of sp³-hybridized carbons (Fsp3) is 0.0870. The number of amides is 1. The van der Waals surface area contributed by atoms with Gasteiger partial charge in [-0.25, -0.2) is 4.98 Å². The van der Waals surface area contributed by atoms with Gasteiger partial charge in [0.2, 0.25) is 0 Å². The molecule has 1 unspecified atom stereocenters. The molecule has 0 fully saturated rings. The molecule has 0 aliphatic heterocycles. The molecule has 0 saturated heterocycles. The van der Waals surface area contributed by atoms with Crippen LogP contribution in [0.15, 0.2) is 79.0 Å². The Morgan fingerprint density at radius 3 is 2.55 bits per heavy atom. The molecule has 4 rings (SSSR count). The Hall–Kier alpha value is -3.02. The van der Waals surface area contributed by atoms with E-state index in [4.69, 9.17) is 11.6 Å². The number of carbonyl (C=O) groups is 1. The molecule has 0 bridgehead atoms. The van der Waals surface area contributed by atoms with Crippen molar-refractivity contribution < 1.29 is 4.79 Å². The quantitative estimate of drug-likeness (QED) is 0.452. The van der Waals surface area contributed by atoms with Gasteiger partial charge in [-0.2, -0.15) is 0 Å². The minimum Gasteiger partial charge on any atom is -0.339 e. The molecule has 4 nitrogen and oxygen atoms in total. The number of nitrogens with one attached hydrogen (secondary N) is 1. The molecule has 0 aliphatic carbocycles. The lowest BCUT2D eigenvalue weighted by Crippen LogP contribution is -2.29. The number of benzene rings is 2. The first-order valence-electron chi connectivity index (χ1n) is 9.12. The van der Waals surface area contributed by atoms with Gasteiger partial charge in [0.05, 0.1) is 17.4 Å². The molecule has 144 valence electrons. The summed E-state index contributed by atoms with van der Waals surface area (Å²) in [5.74, 6) is -0.173. The summed E-state index contributed by atoms with van der Waals surface area (Å²) in [6.07, 6.45) is 1.73. The largest absolute Gasteiger partial charge is 0.339 e. The Balaban J connectivity index is 1.65. The van der Waals surface area contributed by atoms with Gasteiger partial charge in [-0.1, -0.05) is 60.1 Å². The Morgan fingerprint density at radius 1 is 1.03 bits per heavy atom. The van der Waals surface area contributed by atoms with Crippen LogP contribution in [0.3, 0.4) is 0 Å². The van der Waals surface area contributed by atoms with Crippen LogP contribution in [0.2, 0.25) is 5.02 Å². The van der Waals surface area contributed by atoms with Crippen molar-refractivity contribution in [1.29, 1.82) is 0 Å². The van der Waals surface area contributed by atoms with E-state index in [1.165, 1.54) is 11.3 Å². The number of hydrogen-bond acceptors (Lipinski definition) is 4. The monoisotopic (exact) mass is 419 g/mol. The van der Waals surface area contributed by atoms with Crippen molar-refractivity contribution in [2.24, 2.45) is 0 Å². The summed E-state index contributed by atoms with van der Waals surface area (Å²) < 4.78 is 0. The van der Waals surface area contributed by atoms with E-state index in [0.717, 1.165) is 21.8 Å². The van der Waals surface area contributed by atoms with Crippen LogP contribution in [-0.4, -0.2) is 15.9 Å². The standard InChI is InChI=1S/C23H18ClN3OS/c1-15-21(29-23(26-15)17-10-7-11-18(24)14-17)22(28)27-20(16-8-3-2-4-9-16)19-12-5-6-13-25-19/h2-14,20H,1H3,(H,27,28). The van der Waals surface area contributed by atoms with Crippen molar-refractivity contribution in [3.8, 4) is 10.6 Å². The first-order valence-corrected chi connectivity index (χ1v) is 10.3. The molecule has 2 aromatic carbocycles. The number of halogens is 1. The molecule has 1 N–H and O–H groups in total. The number of rotatable bonds is 5. The molecule has 4 aromatic rings. The lowest BCUT2D eigenvalue weighted by Gasteiger charge is -2.18. The minimum atomic E-state index is -0.346. The normalized spacial score (nSPS) is 11.8. The van der Waals surface area contributed by atoms with E-state index < -0.39 is 0 Å². The number of pyridine rings is 1. The maximum Gasteiger partial charge on any atom is 0.264 e. The van der Waals surface area contributed by atoms with Gasteiger partial charge in [-0.05, 0) is 36.8 Å². The van der Waals surface area contributed by atoms with E-state index in [1.54, 1.807) is 6.20 Å². The van der Waals surface area contributed by atoms with Crippen LogP contribution in [0.25, 0.3) is 10.6 Å². The van der Waals surface area contributed by atoms with Crippen molar-refractivity contribution in [2.45, 2.75) is 13.0 Å². The lowest BCUT2D eigenvalue weighted by atomic mass is 10.0. The summed E-state index contributed by atoms with van der Waals surface area (Å²) >= 11 is 7.46. The number of carbonyl (C=O) groups excluding carboxylic acids is 1. The summed E-state index contributed by atoms with van der Waals surface area (Å²) in [7, 11) is 0. The molecular formula is C23H18ClN3OS. The topological polar surface area (TPSA) is 54.9 Å². The second kappa shape index (κ2) is 8.55. The second-order valence-corrected chi connectivity index (χ2v) is 7.95. The molecule has 0 aliphatic rings. The molecule has 1 atom stereocenters. The van der Waals surface area contributed by atoms with Crippen molar-refractivity contribution >= 4 is 28.8 Å². The summed E-state index contributed by atoms with van der Waals surface area (Å²) in [6.45, 7) is 1.84. The fourth-order valence-corrected chi connectivity index (χ4v) is 4.22. The van der Waals surface area contributed by atoms with Crippen LogP contribution in [0.5, 0.6) is 0 Å². The summed E-state index contributed by atoms with van der Waals surface area (Å²) in [6, 6.07) is 22.6. The van der Waals surface area contributed by atoms with Gasteiger partial charge in [-0.15, -0.1) is 11.3 Å². The van der Waals surface area contributed by atoms with E-state index in [1.807, 2.05) is 79.7 Å². The van der Waals surface area contributed by atoms with Gasteiger partial charge in [0.25, 0.3) is 5.91 Å². The third kappa shape index (κ3) is 4.36. The van der Waals surface area contributed by atoms with E-state index in [0.29, 0.717) is 15.6 Å². The zero-order chi connectivity index (χ0) is 20.2. The van der Waals surface area contributed by atoms with Crippen LogP contribution in [0.1, 0.15) is 32.7 Å². The summed E-state index contributed by atoms with van der Waals surface area (Å²) in [4.78, 5) is 22.7. The molecule has 29 heavy (non-hydrogen) atoms. The predicted octanol–water partition coefficient (Wildman–Crippen LogP) is 5.69. The average molecular weight is 420 g/mol. The van der Waals surface area contributed by atoms with Gasteiger partial charge in [-0.3, -0.25) is 9.78 Å². The average Bonchev–Trinajstić information content (AvgIpc) is 3.15. The molecule has 0 radical (unpaired) electrons. The van der Waals surface area contributed by atoms with Crippen molar-refractivity contribution in [3.63, 3.8) is 0 Å². The molecule has 6 heteroatoms. The molecular weight excluding hydrogens is 402 g/mol. The fourth-order valence-electron chi connectivity index (χ4n) is 3.07. The highest BCUT2D eigenvalue weighted by molar-refractivity contribution is 7.17. The van der Waals surface area contributed by atoms with Gasteiger partial charge in [0.1, 0.15) is 9.88 Å². The SMILES string of the molecule is Cc1nc(-c2cccc(Cl)c2)sc1C(=O)NC(c1ccccc1)c1ccccn1. The Bertz CT molecular complexity index is 1090. The highest BCUT2D eigenvalue weighted by atomic mass is 35.5. The van der Waals surface area contributed by atoms with Gasteiger partial charge in [0, 0.05) is 16.8 Å². The zero-order valence-electron chi connectivity index (χ0n) is 15.7. The van der Waals surface area contributed by atoms with Gasteiger partial charge < -0.3 is 5.32 Å². The number of thiazole rings is 1. The highest BCUT2D eigenvalue weighted by Gasteiger charge is 2.22. The molecule has 0 spiro atoms. The number of aryl methyl sites for hydroxylation is 1. The summed E-state index contributed by atoms with van der Waals surface area (Å²) in [5, 5.41) is 4.53. The smallest absolute Gasteiger partial charge is 0.264 e. The van der Waals surface area contributed by atoms with Crippen molar-refractivity contribution in [2.75, 3.05) is 0 Å². The predicted molar refractivity (Wildman–Crippen MR) is 117 cm³/mol. The van der Waals surface area contributed by atoms with E-state index >= 15 is 0 Å². The van der Waals surface area contributed by atoms with Crippen LogP contribution in [-0.2, 0) is 0 Å². The van der Waals surface area contributed by atoms with Crippen LogP contribution >= 0.6 is 22.9 Å². The van der Waals surface area contributed by atoms with E-state index in [-0.39, 0.29) is 11.9 Å². The van der Waals surface area contributed by atoms with E-state index in [2.05, 4.69) is 15.3 Å². The highest BCUT2D eigenvalue weighted by Crippen LogP contribution is 2.30. The van der Waals surface area contributed by atoms with Crippen LogP contribution in [0.4, 0.5) is 0 Å². The third-order valence-corrected chi connectivity index (χ3v) is 5.91. The Kier molecular flexibility index (Phi) is 5.69. The molecule has 0 saturated carbocycles. The van der Waals surface area contributed by atoms with Gasteiger partial charge in [0.15, 0.2) is 0 Å². The number of nitrogens with zero attached hydrogens (tertiary/aromatic N) is 2. The van der Waals surface area contributed by atoms with Gasteiger partial charge >= 0.3 is 0 Å². The maximum absolute atomic E-state index is 13.1. The number of hydrogen-bond donors (Lipinski definition) is 1. The maximum atomic E-state index is 13.1. The zero-order valence-corrected chi connectivity index (χ0v) is 17.2. The Morgan fingerprint density at radius 2 is 1.83 bits per heavy atom. The van der Waals surface area contributed by atoms with Crippen LogP contribution < -0.4 is 5.32 Å². The first kappa shape index (κ1) is 19.3. The first-order chi connectivity index (χ1) is 14.1. The molecule has 2 heterocycles. The molecule has 2 aromatic heterocycles. The van der Waals surface area contributed by atoms with Crippen molar-refractivity contribution in [1.82, 2.24) is 15.3 Å². The van der Waals surface area contributed by atoms with Crippen LogP contribution in [0, 0.1) is 6.92 Å². The lowest BCUT2D eigenvalue weighted by molar-refractivity contribution is 0.0945. The van der Waals surface area contributed by atoms with E-state index in [9.17, 15) is 4.79 Å². The third-order valence-electron chi connectivity index (χ3n) is 4.47. The van der Waals surface area contributed by atoms with Crippen molar-refractivity contribution in [3.05, 3.63) is 106 Å². The minimum absolute atomic E-state index is 0.173. The number of aromatic nitrogens is 2.